The van der Waals surface area contributed by atoms with E-state index in [-0.39, 0.29) is 0 Å². The van der Waals surface area contributed by atoms with Crippen LogP contribution in [0.4, 0.5) is 0 Å². The first-order chi connectivity index (χ1) is 14.0. The second kappa shape index (κ2) is 9.19. The van der Waals surface area contributed by atoms with Crippen molar-refractivity contribution in [3.63, 3.8) is 0 Å². The van der Waals surface area contributed by atoms with Gasteiger partial charge in [-0.05, 0) is 57.0 Å². The van der Waals surface area contributed by atoms with Gasteiger partial charge in [-0.3, -0.25) is 9.59 Å². The highest BCUT2D eigenvalue weighted by Gasteiger charge is 2.24. The minimum absolute atomic E-state index is 0.349. The number of nitrogens with zero attached hydrogens (tertiary/aromatic N) is 2. The van der Waals surface area contributed by atoms with Crippen molar-refractivity contribution in [1.29, 1.82) is 0 Å². The Kier molecular flexibility index (Phi) is 6.44. The fourth-order valence-electron chi connectivity index (χ4n) is 3.15. The van der Waals surface area contributed by atoms with E-state index >= 15 is 0 Å². The molecule has 0 radical (unpaired) electrons. The average Bonchev–Trinajstić information content (AvgIpc) is 3.01. The molecule has 0 unspecified atom stereocenters. The van der Waals surface area contributed by atoms with Crippen LogP contribution in [0.25, 0.3) is 5.69 Å². The lowest BCUT2D eigenvalue weighted by atomic mass is 10.1. The van der Waals surface area contributed by atoms with Gasteiger partial charge < -0.3 is 10.1 Å². The highest BCUT2D eigenvalue weighted by Crippen LogP contribution is 2.18. The Morgan fingerprint density at radius 1 is 1.03 bits per heavy atom. The number of Topliss-reactive ketones (excluding diaryl/α,β-unsaturated/α-hetero) is 1. The van der Waals surface area contributed by atoms with Gasteiger partial charge in [0.05, 0.1) is 29.2 Å². The van der Waals surface area contributed by atoms with E-state index in [1.807, 2.05) is 61.5 Å². The molecule has 0 saturated heterocycles. The minimum Gasteiger partial charge on any atom is -0.494 e. The predicted molar refractivity (Wildman–Crippen MR) is 112 cm³/mol. The van der Waals surface area contributed by atoms with Crippen LogP contribution in [0, 0.1) is 20.8 Å². The van der Waals surface area contributed by atoms with Crippen LogP contribution in [-0.2, 0) is 4.79 Å². The Hall–Kier alpha value is -3.41. The molecular weight excluding hydrogens is 366 g/mol. The van der Waals surface area contributed by atoms with Gasteiger partial charge in [-0.1, -0.05) is 30.3 Å². The smallest absolute Gasteiger partial charge is 0.292 e. The number of nitrogens with one attached hydrogen (secondary N) is 1. The molecule has 1 amide bonds. The summed E-state index contributed by atoms with van der Waals surface area (Å²) in [7, 11) is 0. The molecule has 1 heterocycles. The maximum atomic E-state index is 12.7. The lowest BCUT2D eigenvalue weighted by Gasteiger charge is -2.08. The summed E-state index contributed by atoms with van der Waals surface area (Å²) in [5, 5.41) is 7.11. The Morgan fingerprint density at radius 3 is 2.52 bits per heavy atom. The topological polar surface area (TPSA) is 73.2 Å². The van der Waals surface area contributed by atoms with E-state index in [0.717, 1.165) is 17.0 Å². The monoisotopic (exact) mass is 391 g/mol. The number of carbonyl (C=O) groups excluding carboxylic acids is 2. The van der Waals surface area contributed by atoms with Crippen molar-refractivity contribution in [2.24, 2.45) is 0 Å². The highest BCUT2D eigenvalue weighted by molar-refractivity contribution is 6.43. The minimum atomic E-state index is -0.626. The van der Waals surface area contributed by atoms with Crippen LogP contribution in [-0.4, -0.2) is 34.6 Å². The lowest BCUT2D eigenvalue weighted by Crippen LogP contribution is -2.33. The summed E-state index contributed by atoms with van der Waals surface area (Å²) in [5.74, 6) is -0.395. The van der Waals surface area contributed by atoms with Gasteiger partial charge in [0.1, 0.15) is 5.75 Å². The fraction of sp³-hybridized carbons (Fsp3) is 0.261. The molecule has 1 aromatic heterocycles. The average molecular weight is 391 g/mol. The number of rotatable bonds is 8. The largest absolute Gasteiger partial charge is 0.494 e. The SMILES string of the molecule is Cc1cccc(OCCCNC(=O)C(=O)c2c(C)nn(-c3ccccc3)c2C)c1. The van der Waals surface area contributed by atoms with Gasteiger partial charge in [-0.15, -0.1) is 0 Å². The number of benzene rings is 2. The van der Waals surface area contributed by atoms with Crippen molar-refractivity contribution in [2.45, 2.75) is 27.2 Å². The van der Waals surface area contributed by atoms with E-state index < -0.39 is 11.7 Å². The van der Waals surface area contributed by atoms with Crippen LogP contribution < -0.4 is 10.1 Å². The van der Waals surface area contributed by atoms with Crippen molar-refractivity contribution in [2.75, 3.05) is 13.2 Å². The lowest BCUT2D eigenvalue weighted by molar-refractivity contribution is -0.117. The van der Waals surface area contributed by atoms with E-state index in [4.69, 9.17) is 4.74 Å². The Balaban J connectivity index is 1.55. The molecule has 3 rings (SSSR count). The van der Waals surface area contributed by atoms with Crippen LogP contribution in [0.15, 0.2) is 54.6 Å². The molecule has 0 aliphatic carbocycles. The number of carbonyl (C=O) groups is 2. The summed E-state index contributed by atoms with van der Waals surface area (Å²) in [6.07, 6.45) is 0.605. The number of ether oxygens (including phenoxy) is 1. The Bertz CT molecular complexity index is 1010. The third kappa shape index (κ3) is 4.90. The summed E-state index contributed by atoms with van der Waals surface area (Å²) in [5.41, 5.74) is 3.51. The summed E-state index contributed by atoms with van der Waals surface area (Å²) >= 11 is 0. The first-order valence-corrected chi connectivity index (χ1v) is 9.61. The number of aryl methyl sites for hydroxylation is 2. The molecule has 0 saturated carbocycles. The maximum absolute atomic E-state index is 12.7. The molecule has 0 aliphatic heterocycles. The quantitative estimate of drug-likeness (QED) is 0.362. The number of aromatic nitrogens is 2. The summed E-state index contributed by atoms with van der Waals surface area (Å²) < 4.78 is 7.34. The van der Waals surface area contributed by atoms with E-state index in [1.165, 1.54) is 0 Å². The molecule has 0 aliphatic rings. The molecule has 1 N–H and O–H groups in total. The number of hydrogen-bond donors (Lipinski definition) is 1. The molecular formula is C23H25N3O3. The summed E-state index contributed by atoms with van der Waals surface area (Å²) in [6, 6.07) is 17.3. The third-order valence-corrected chi connectivity index (χ3v) is 4.59. The van der Waals surface area contributed by atoms with E-state index in [9.17, 15) is 9.59 Å². The normalized spacial score (nSPS) is 10.6. The van der Waals surface area contributed by atoms with Crippen molar-refractivity contribution >= 4 is 11.7 Å². The second-order valence-electron chi connectivity index (χ2n) is 6.90. The third-order valence-electron chi connectivity index (χ3n) is 4.59. The summed E-state index contributed by atoms with van der Waals surface area (Å²) in [4.78, 5) is 25.0. The Morgan fingerprint density at radius 2 is 1.79 bits per heavy atom. The molecule has 0 atom stereocenters. The van der Waals surface area contributed by atoms with Crippen molar-refractivity contribution in [1.82, 2.24) is 15.1 Å². The zero-order valence-corrected chi connectivity index (χ0v) is 16.9. The van der Waals surface area contributed by atoms with Gasteiger partial charge in [-0.2, -0.15) is 5.10 Å². The molecule has 0 spiro atoms. The molecule has 6 nitrogen and oxygen atoms in total. The Labute approximate surface area is 170 Å². The molecule has 3 aromatic rings. The van der Waals surface area contributed by atoms with Gasteiger partial charge in [0.15, 0.2) is 0 Å². The predicted octanol–water partition coefficient (Wildman–Crippen LogP) is 3.57. The molecule has 6 heteroatoms. The van der Waals surface area contributed by atoms with Gasteiger partial charge in [0.2, 0.25) is 0 Å². The van der Waals surface area contributed by atoms with Crippen LogP contribution in [0.5, 0.6) is 5.75 Å². The number of hydrogen-bond acceptors (Lipinski definition) is 4. The first-order valence-electron chi connectivity index (χ1n) is 9.61. The van der Waals surface area contributed by atoms with E-state index in [1.54, 1.807) is 18.5 Å². The molecule has 2 aromatic carbocycles. The molecule has 0 bridgehead atoms. The molecule has 29 heavy (non-hydrogen) atoms. The van der Waals surface area contributed by atoms with Crippen molar-refractivity contribution in [3.8, 4) is 11.4 Å². The fourth-order valence-corrected chi connectivity index (χ4v) is 3.15. The number of para-hydroxylation sites is 1. The van der Waals surface area contributed by atoms with Gasteiger partial charge >= 0.3 is 0 Å². The second-order valence-corrected chi connectivity index (χ2v) is 6.90. The maximum Gasteiger partial charge on any atom is 0.292 e. The zero-order valence-electron chi connectivity index (χ0n) is 16.9. The standard InChI is InChI=1S/C23H25N3O3/c1-16-9-7-12-20(15-16)29-14-8-13-24-23(28)22(27)21-17(2)25-26(18(21)3)19-10-5-4-6-11-19/h4-7,9-12,15H,8,13-14H2,1-3H3,(H,24,28). The van der Waals surface area contributed by atoms with Crippen LogP contribution in [0.2, 0.25) is 0 Å². The van der Waals surface area contributed by atoms with Gasteiger partial charge in [0.25, 0.3) is 11.7 Å². The molecule has 150 valence electrons. The van der Waals surface area contributed by atoms with Gasteiger partial charge in [0, 0.05) is 6.54 Å². The number of ketones is 1. The van der Waals surface area contributed by atoms with Crippen molar-refractivity contribution < 1.29 is 14.3 Å². The van der Waals surface area contributed by atoms with Crippen LogP contribution in [0.3, 0.4) is 0 Å². The van der Waals surface area contributed by atoms with E-state index in [2.05, 4.69) is 10.4 Å². The van der Waals surface area contributed by atoms with E-state index in [0.29, 0.717) is 36.5 Å². The summed E-state index contributed by atoms with van der Waals surface area (Å²) in [6.45, 7) is 6.36. The number of amides is 1. The van der Waals surface area contributed by atoms with Crippen LogP contribution in [0.1, 0.15) is 33.7 Å². The van der Waals surface area contributed by atoms with Gasteiger partial charge in [-0.25, -0.2) is 4.68 Å². The molecule has 0 fully saturated rings. The van der Waals surface area contributed by atoms with Crippen LogP contribution >= 0.6 is 0 Å². The first kappa shape index (κ1) is 20.3. The van der Waals surface area contributed by atoms with Crippen molar-refractivity contribution in [3.05, 3.63) is 77.1 Å². The highest BCUT2D eigenvalue weighted by atomic mass is 16.5. The zero-order chi connectivity index (χ0) is 20.8.